The molecule has 0 radical (unpaired) electrons. The summed E-state index contributed by atoms with van der Waals surface area (Å²) in [7, 11) is -4.31. The van der Waals surface area contributed by atoms with Crippen LogP contribution >= 0.6 is 0 Å². The zero-order valence-electron chi connectivity index (χ0n) is 23.5. The van der Waals surface area contributed by atoms with Crippen LogP contribution in [0, 0.1) is 0 Å². The van der Waals surface area contributed by atoms with E-state index in [1.165, 1.54) is 0 Å². The zero-order valence-corrected chi connectivity index (χ0v) is 24.3. The van der Waals surface area contributed by atoms with E-state index in [0.717, 1.165) is 22.3 Å². The Hall–Kier alpha value is -3.41. The third-order valence-corrected chi connectivity index (χ3v) is 8.46. The van der Waals surface area contributed by atoms with Gasteiger partial charge in [0.05, 0.1) is 26.4 Å². The van der Waals surface area contributed by atoms with Gasteiger partial charge in [0, 0.05) is 0 Å². The van der Waals surface area contributed by atoms with E-state index in [2.05, 4.69) is 0 Å². The smallest absolute Gasteiger partial charge is 0.368 e. The lowest BCUT2D eigenvalue weighted by Crippen LogP contribution is -2.65. The van der Waals surface area contributed by atoms with Crippen LogP contribution in [0.4, 0.5) is 0 Å². The van der Waals surface area contributed by atoms with E-state index < -0.39 is 47.0 Å². The fourth-order valence-corrected chi connectivity index (χ4v) is 6.49. The highest BCUT2D eigenvalue weighted by molar-refractivity contribution is 7.82. The first-order valence-electron chi connectivity index (χ1n) is 14.3. The second-order valence-corrected chi connectivity index (χ2v) is 11.8. The quantitative estimate of drug-likeness (QED) is 0.214. The summed E-state index contributed by atoms with van der Waals surface area (Å²) >= 11 is 0. The van der Waals surface area contributed by atoms with Crippen LogP contribution in [-0.2, 0) is 64.1 Å². The van der Waals surface area contributed by atoms with Crippen LogP contribution < -0.4 is 0 Å². The van der Waals surface area contributed by atoms with E-state index in [9.17, 15) is 8.42 Å². The third-order valence-electron chi connectivity index (χ3n) is 7.54. The number of benzene rings is 4. The van der Waals surface area contributed by atoms with Gasteiger partial charge in [-0.25, -0.2) is 8.37 Å². The van der Waals surface area contributed by atoms with Crippen molar-refractivity contribution in [2.24, 2.45) is 0 Å². The average Bonchev–Trinajstić information content (AvgIpc) is 3.37. The van der Waals surface area contributed by atoms with Gasteiger partial charge in [-0.1, -0.05) is 121 Å². The molecule has 224 valence electrons. The van der Waals surface area contributed by atoms with Crippen LogP contribution in [0.25, 0.3) is 0 Å². The summed E-state index contributed by atoms with van der Waals surface area (Å²) in [4.78, 5) is 0. The molecule has 43 heavy (non-hydrogen) atoms. The monoisotopic (exact) mass is 602 g/mol. The molecule has 0 amide bonds. The second-order valence-electron chi connectivity index (χ2n) is 10.6. The van der Waals surface area contributed by atoms with Crippen molar-refractivity contribution >= 4 is 10.4 Å². The van der Waals surface area contributed by atoms with Crippen LogP contribution in [0.5, 0.6) is 0 Å². The summed E-state index contributed by atoms with van der Waals surface area (Å²) in [6.07, 6.45) is -5.22. The Morgan fingerprint density at radius 1 is 0.419 bits per heavy atom. The van der Waals surface area contributed by atoms with Gasteiger partial charge >= 0.3 is 10.4 Å². The maximum atomic E-state index is 12.8. The molecule has 2 aliphatic rings. The van der Waals surface area contributed by atoms with E-state index in [1.54, 1.807) is 0 Å². The zero-order chi connectivity index (χ0) is 29.5. The fourth-order valence-electron chi connectivity index (χ4n) is 5.46. The first kappa shape index (κ1) is 29.7. The Morgan fingerprint density at radius 2 is 0.674 bits per heavy atom. The van der Waals surface area contributed by atoms with Crippen molar-refractivity contribution < 1.29 is 35.7 Å². The summed E-state index contributed by atoms with van der Waals surface area (Å²) in [5, 5.41) is 0. The Bertz CT molecular complexity index is 1410. The minimum absolute atomic E-state index is 0.213. The molecule has 6 atom stereocenters. The summed E-state index contributed by atoms with van der Waals surface area (Å²) in [5.74, 6) is 0. The van der Waals surface area contributed by atoms with Crippen molar-refractivity contribution in [1.82, 2.24) is 0 Å². The molecule has 1 saturated carbocycles. The second kappa shape index (κ2) is 13.9. The van der Waals surface area contributed by atoms with Gasteiger partial charge in [0.1, 0.15) is 36.6 Å². The lowest BCUT2D eigenvalue weighted by Gasteiger charge is -2.45. The molecule has 1 aliphatic heterocycles. The van der Waals surface area contributed by atoms with Gasteiger partial charge in [0.2, 0.25) is 0 Å². The van der Waals surface area contributed by atoms with Crippen molar-refractivity contribution in [2.45, 2.75) is 63.1 Å². The molecule has 0 N–H and O–H groups in total. The minimum Gasteiger partial charge on any atom is -0.368 e. The maximum Gasteiger partial charge on any atom is 0.400 e. The van der Waals surface area contributed by atoms with Gasteiger partial charge in [-0.15, -0.1) is 0 Å². The Kier molecular flexibility index (Phi) is 9.60. The number of hydrogen-bond donors (Lipinski definition) is 0. The molecule has 1 aliphatic carbocycles. The molecular formula is C34H34O8S. The maximum absolute atomic E-state index is 12.8. The molecule has 4 aromatic rings. The topological polar surface area (TPSA) is 89.5 Å². The largest absolute Gasteiger partial charge is 0.400 e. The van der Waals surface area contributed by atoms with Gasteiger partial charge in [-0.2, -0.15) is 8.42 Å². The normalized spacial score (nSPS) is 26.1. The number of hydrogen-bond acceptors (Lipinski definition) is 8. The molecule has 2 fully saturated rings. The predicted molar refractivity (Wildman–Crippen MR) is 159 cm³/mol. The highest BCUT2D eigenvalue weighted by Gasteiger charge is 2.61. The Morgan fingerprint density at radius 3 is 0.953 bits per heavy atom. The van der Waals surface area contributed by atoms with E-state index in [1.807, 2.05) is 121 Å². The predicted octanol–water partition coefficient (Wildman–Crippen LogP) is 5.37. The lowest BCUT2D eigenvalue weighted by atomic mass is 9.84. The first-order valence-corrected chi connectivity index (χ1v) is 15.6. The van der Waals surface area contributed by atoms with Crippen LogP contribution in [0.2, 0.25) is 0 Å². The summed E-state index contributed by atoms with van der Waals surface area (Å²) in [6, 6.07) is 38.8. The Labute approximate surface area is 252 Å². The molecule has 0 unspecified atom stereocenters. The first-order chi connectivity index (χ1) is 21.1. The van der Waals surface area contributed by atoms with Crippen molar-refractivity contribution in [1.29, 1.82) is 0 Å². The minimum atomic E-state index is -4.31. The van der Waals surface area contributed by atoms with Crippen LogP contribution in [0.1, 0.15) is 22.3 Å². The Balaban J connectivity index is 1.35. The van der Waals surface area contributed by atoms with Crippen LogP contribution in [0.3, 0.4) is 0 Å². The van der Waals surface area contributed by atoms with Gasteiger partial charge in [-0.05, 0) is 22.3 Å². The third kappa shape index (κ3) is 7.57. The van der Waals surface area contributed by atoms with Crippen LogP contribution in [-0.4, -0.2) is 45.0 Å². The van der Waals surface area contributed by atoms with Crippen LogP contribution in [0.15, 0.2) is 121 Å². The highest BCUT2D eigenvalue weighted by Crippen LogP contribution is 2.40. The summed E-state index contributed by atoms with van der Waals surface area (Å²) < 4.78 is 62.6. The molecule has 0 aromatic heterocycles. The fraction of sp³-hybridized carbons (Fsp3) is 0.294. The molecule has 4 aromatic carbocycles. The van der Waals surface area contributed by atoms with E-state index in [4.69, 9.17) is 27.3 Å². The van der Waals surface area contributed by atoms with Gasteiger partial charge < -0.3 is 18.9 Å². The molecule has 0 bridgehead atoms. The van der Waals surface area contributed by atoms with E-state index >= 15 is 0 Å². The van der Waals surface area contributed by atoms with E-state index in [-0.39, 0.29) is 26.4 Å². The summed E-state index contributed by atoms with van der Waals surface area (Å²) in [6.45, 7) is 0.922. The van der Waals surface area contributed by atoms with Crippen molar-refractivity contribution in [2.75, 3.05) is 0 Å². The molecule has 6 rings (SSSR count). The van der Waals surface area contributed by atoms with Gasteiger partial charge in [0.15, 0.2) is 0 Å². The van der Waals surface area contributed by atoms with Crippen molar-refractivity contribution in [3.8, 4) is 0 Å². The number of ether oxygens (including phenoxy) is 4. The standard InChI is InChI=1S/C34H34O8S/c35-43(36)41-33-31(39-23-27-17-9-3-10-18-27)29(37-21-25-13-5-1-6-14-25)30(38-22-26-15-7-2-8-16-26)32(34(33)42-43)40-24-28-19-11-4-12-20-28/h1-20,29-34H,21-24H2/t29-,30-,31-,32+,33+,34-/m1/s1. The number of fused-ring (bicyclic) bond motifs is 1. The van der Waals surface area contributed by atoms with Crippen molar-refractivity contribution in [3.05, 3.63) is 144 Å². The molecule has 1 heterocycles. The van der Waals surface area contributed by atoms with Gasteiger partial charge in [0.25, 0.3) is 0 Å². The summed E-state index contributed by atoms with van der Waals surface area (Å²) in [5.41, 5.74) is 3.75. The average molecular weight is 603 g/mol. The van der Waals surface area contributed by atoms with Crippen molar-refractivity contribution in [3.63, 3.8) is 0 Å². The van der Waals surface area contributed by atoms with E-state index in [0.29, 0.717) is 0 Å². The molecular weight excluding hydrogens is 568 g/mol. The molecule has 1 saturated heterocycles. The molecule has 8 nitrogen and oxygen atoms in total. The highest BCUT2D eigenvalue weighted by atomic mass is 32.3. The molecule has 9 heteroatoms. The lowest BCUT2D eigenvalue weighted by molar-refractivity contribution is -0.252. The number of rotatable bonds is 12. The van der Waals surface area contributed by atoms with Gasteiger partial charge in [-0.3, -0.25) is 0 Å². The SMILES string of the molecule is O=S1(=O)O[C@@H]2[C@@H](OCc3ccccc3)[C@H](OCc3ccccc3)[C@@H](OCc3ccccc3)[C@@H](OCc3ccccc3)[C@@H]2O1. The molecule has 0 spiro atoms.